The maximum atomic E-state index is 13.1. The minimum atomic E-state index is -1.22. The first-order valence-corrected chi connectivity index (χ1v) is 10.5. The van der Waals surface area contributed by atoms with E-state index < -0.39 is 40.8 Å². The zero-order chi connectivity index (χ0) is 19.8. The molecule has 1 fully saturated rings. The first-order valence-electron chi connectivity index (χ1n) is 8.72. The van der Waals surface area contributed by atoms with Gasteiger partial charge in [0.15, 0.2) is 4.75 Å². The first kappa shape index (κ1) is 20.1. The van der Waals surface area contributed by atoms with E-state index >= 15 is 0 Å². The highest BCUT2D eigenvalue weighted by atomic mass is 32.2. The second-order valence-electron chi connectivity index (χ2n) is 6.23. The number of carbonyl (C=O) groups excluding carboxylic acids is 2. The Hall–Kier alpha value is -1.63. The van der Waals surface area contributed by atoms with Crippen molar-refractivity contribution in [2.45, 2.75) is 30.9 Å². The smallest absolute Gasteiger partial charge is 0.325 e. The molecular weight excluding hydrogens is 388 g/mol. The molecule has 0 aromatic rings. The van der Waals surface area contributed by atoms with Crippen LogP contribution < -0.4 is 0 Å². The van der Waals surface area contributed by atoms with Gasteiger partial charge in [-0.3, -0.25) is 9.59 Å². The van der Waals surface area contributed by atoms with E-state index in [-0.39, 0.29) is 0 Å². The minimum absolute atomic E-state index is 0.416. The molecule has 4 aliphatic rings. The maximum Gasteiger partial charge on any atom is 0.325 e. The van der Waals surface area contributed by atoms with Crippen LogP contribution >= 0.6 is 23.5 Å². The molecule has 0 aromatic heterocycles. The Labute approximate surface area is 167 Å². The molecule has 1 aliphatic carbocycles. The SMILES string of the molecule is CCOC1C2C=CC3N1C(C#N)=C(SCC)SC3(C(=O)OC)C2C(=O)OC. The minimum Gasteiger partial charge on any atom is -0.469 e. The summed E-state index contributed by atoms with van der Waals surface area (Å²) >= 11 is 2.73. The average Bonchev–Trinajstić information content (AvgIpc) is 2.69. The summed E-state index contributed by atoms with van der Waals surface area (Å²) in [7, 11) is 2.64. The number of methoxy groups -OCH3 is 2. The number of nitrogens with zero attached hydrogens (tertiary/aromatic N) is 2. The van der Waals surface area contributed by atoms with Crippen LogP contribution in [0, 0.1) is 23.2 Å². The second-order valence-corrected chi connectivity index (χ2v) is 9.05. The van der Waals surface area contributed by atoms with Gasteiger partial charge in [-0.2, -0.15) is 5.26 Å². The summed E-state index contributed by atoms with van der Waals surface area (Å²) in [4.78, 5) is 27.7. The second kappa shape index (κ2) is 7.78. The van der Waals surface area contributed by atoms with Gasteiger partial charge < -0.3 is 19.1 Å². The van der Waals surface area contributed by atoms with Crippen molar-refractivity contribution in [2.24, 2.45) is 11.8 Å². The monoisotopic (exact) mass is 410 g/mol. The van der Waals surface area contributed by atoms with Crippen molar-refractivity contribution < 1.29 is 23.8 Å². The summed E-state index contributed by atoms with van der Waals surface area (Å²) in [5.74, 6) is -1.43. The Bertz CT molecular complexity index is 747. The molecule has 0 radical (unpaired) electrons. The molecule has 5 atom stereocenters. The molecule has 0 amide bonds. The highest BCUT2D eigenvalue weighted by molar-refractivity contribution is 8.23. The third kappa shape index (κ3) is 2.77. The Morgan fingerprint density at radius 2 is 2.07 bits per heavy atom. The Balaban J connectivity index is 2.27. The van der Waals surface area contributed by atoms with Crippen LogP contribution in [-0.4, -0.2) is 60.4 Å². The van der Waals surface area contributed by atoms with Gasteiger partial charge >= 0.3 is 11.9 Å². The zero-order valence-electron chi connectivity index (χ0n) is 15.6. The van der Waals surface area contributed by atoms with Gasteiger partial charge in [0.2, 0.25) is 0 Å². The lowest BCUT2D eigenvalue weighted by atomic mass is 9.66. The molecule has 9 heteroatoms. The van der Waals surface area contributed by atoms with E-state index in [1.54, 1.807) is 0 Å². The molecule has 27 heavy (non-hydrogen) atoms. The molecule has 1 saturated heterocycles. The van der Waals surface area contributed by atoms with Crippen LogP contribution in [0.3, 0.4) is 0 Å². The molecule has 0 saturated carbocycles. The fourth-order valence-corrected chi connectivity index (χ4v) is 7.13. The van der Waals surface area contributed by atoms with Gasteiger partial charge in [-0.05, 0) is 12.7 Å². The standard InChI is InChI=1S/C18H22N2O5S2/c1-5-25-14-10-7-8-12-18(17(22)24-4,13(10)15(21)23-3)27-16(26-6-2)11(9-19)20(12)14/h7-8,10,12-14H,5-6H2,1-4H3. The van der Waals surface area contributed by atoms with Crippen LogP contribution in [0.2, 0.25) is 0 Å². The van der Waals surface area contributed by atoms with Gasteiger partial charge in [-0.15, -0.1) is 11.8 Å². The molecule has 0 aromatic carbocycles. The maximum absolute atomic E-state index is 13.1. The lowest BCUT2D eigenvalue weighted by Gasteiger charge is -2.61. The molecule has 0 N–H and O–H groups in total. The van der Waals surface area contributed by atoms with Crippen molar-refractivity contribution in [3.8, 4) is 6.07 Å². The number of hydrogen-bond acceptors (Lipinski definition) is 9. The predicted octanol–water partition coefficient (Wildman–Crippen LogP) is 2.11. The number of carbonyl (C=O) groups is 2. The number of piperidine rings is 1. The lowest BCUT2D eigenvalue weighted by molar-refractivity contribution is -0.181. The summed E-state index contributed by atoms with van der Waals surface area (Å²) in [6.45, 7) is 4.25. The van der Waals surface area contributed by atoms with Gasteiger partial charge in [0.25, 0.3) is 0 Å². The number of hydrogen-bond donors (Lipinski definition) is 0. The highest BCUT2D eigenvalue weighted by Crippen LogP contribution is 2.61. The van der Waals surface area contributed by atoms with Crippen molar-refractivity contribution in [1.29, 1.82) is 5.26 Å². The van der Waals surface area contributed by atoms with E-state index in [4.69, 9.17) is 14.2 Å². The molecule has 3 heterocycles. The van der Waals surface area contributed by atoms with E-state index in [1.165, 1.54) is 37.7 Å². The molecule has 4 rings (SSSR count). The fourth-order valence-electron chi connectivity index (χ4n) is 4.16. The average molecular weight is 411 g/mol. The molecule has 4 bridgehead atoms. The van der Waals surface area contributed by atoms with Crippen molar-refractivity contribution in [3.63, 3.8) is 0 Å². The normalized spacial score (nSPS) is 33.7. The molecular formula is C18H22N2O5S2. The van der Waals surface area contributed by atoms with E-state index in [0.717, 1.165) is 5.75 Å². The molecule has 146 valence electrons. The van der Waals surface area contributed by atoms with Crippen LogP contribution in [0.15, 0.2) is 22.1 Å². The first-order chi connectivity index (χ1) is 13.0. The summed E-state index contributed by atoms with van der Waals surface area (Å²) in [6.07, 6.45) is 3.27. The third-order valence-corrected chi connectivity index (χ3v) is 7.82. The lowest BCUT2D eigenvalue weighted by Crippen LogP contribution is -2.74. The number of ether oxygens (including phenoxy) is 3. The third-order valence-electron chi connectivity index (χ3n) is 5.10. The van der Waals surface area contributed by atoms with Crippen molar-refractivity contribution >= 4 is 35.5 Å². The summed E-state index contributed by atoms with van der Waals surface area (Å²) in [6, 6.07) is 1.75. The van der Waals surface area contributed by atoms with Crippen LogP contribution in [0.1, 0.15) is 13.8 Å². The largest absolute Gasteiger partial charge is 0.469 e. The number of nitriles is 1. The van der Waals surface area contributed by atoms with Crippen LogP contribution in [0.25, 0.3) is 0 Å². The van der Waals surface area contributed by atoms with Crippen molar-refractivity contribution in [1.82, 2.24) is 4.90 Å². The summed E-state index contributed by atoms with van der Waals surface area (Å²) < 4.78 is 15.7. The fraction of sp³-hybridized carbons (Fsp3) is 0.611. The van der Waals surface area contributed by atoms with E-state index in [9.17, 15) is 14.9 Å². The summed E-state index contributed by atoms with van der Waals surface area (Å²) in [5, 5.41) is 9.85. The van der Waals surface area contributed by atoms with E-state index in [2.05, 4.69) is 6.07 Å². The van der Waals surface area contributed by atoms with Crippen molar-refractivity contribution in [3.05, 3.63) is 22.1 Å². The summed E-state index contributed by atoms with van der Waals surface area (Å²) in [5.41, 5.74) is 0.479. The Morgan fingerprint density at radius 3 is 2.63 bits per heavy atom. The number of esters is 2. The van der Waals surface area contributed by atoms with Crippen LogP contribution in [0.5, 0.6) is 0 Å². The number of allylic oxidation sites excluding steroid dienone is 1. The zero-order valence-corrected chi connectivity index (χ0v) is 17.3. The van der Waals surface area contributed by atoms with Gasteiger partial charge in [-0.1, -0.05) is 30.8 Å². The van der Waals surface area contributed by atoms with Gasteiger partial charge in [0.1, 0.15) is 18.0 Å². The Morgan fingerprint density at radius 1 is 1.33 bits per heavy atom. The van der Waals surface area contributed by atoms with Gasteiger partial charge in [-0.25, -0.2) is 0 Å². The number of rotatable bonds is 6. The van der Waals surface area contributed by atoms with E-state index in [1.807, 2.05) is 30.9 Å². The molecule has 5 unspecified atom stereocenters. The quantitative estimate of drug-likeness (QED) is 0.482. The van der Waals surface area contributed by atoms with Crippen LogP contribution in [0.4, 0.5) is 0 Å². The van der Waals surface area contributed by atoms with Crippen LogP contribution in [-0.2, 0) is 23.8 Å². The molecule has 3 aliphatic heterocycles. The number of thioether (sulfide) groups is 2. The topological polar surface area (TPSA) is 88.9 Å². The molecule has 7 nitrogen and oxygen atoms in total. The van der Waals surface area contributed by atoms with Gasteiger partial charge in [0, 0.05) is 12.5 Å². The predicted molar refractivity (Wildman–Crippen MR) is 102 cm³/mol. The molecule has 0 spiro atoms. The Kier molecular flexibility index (Phi) is 5.79. The van der Waals surface area contributed by atoms with Crippen molar-refractivity contribution in [2.75, 3.05) is 26.6 Å². The highest BCUT2D eigenvalue weighted by Gasteiger charge is 2.70. The van der Waals surface area contributed by atoms with E-state index in [0.29, 0.717) is 16.5 Å². The van der Waals surface area contributed by atoms with Gasteiger partial charge in [0.05, 0.1) is 30.4 Å².